The minimum atomic E-state index is -0.375. The van der Waals surface area contributed by atoms with Gasteiger partial charge in [0.05, 0.1) is 12.6 Å². The van der Waals surface area contributed by atoms with Gasteiger partial charge in [-0.2, -0.15) is 0 Å². The Morgan fingerprint density at radius 3 is 2.86 bits per heavy atom. The second-order valence-electron chi connectivity index (χ2n) is 4.20. The van der Waals surface area contributed by atoms with Crippen molar-refractivity contribution < 1.29 is 9.53 Å². The standard InChI is InChI=1S/C10H20N2O2/c1-7(2)5-8(11)10(13)9-6-12-3-4-14-9/h7-9,12H,3-6,11H2,1-2H3/t8-,9?/m0/s1. The molecule has 0 bridgehead atoms. The summed E-state index contributed by atoms with van der Waals surface area (Å²) in [6.07, 6.45) is 0.399. The zero-order chi connectivity index (χ0) is 10.6. The molecule has 1 unspecified atom stereocenters. The third-order valence-corrected chi connectivity index (χ3v) is 2.34. The van der Waals surface area contributed by atoms with Crippen molar-refractivity contribution in [2.45, 2.75) is 32.4 Å². The van der Waals surface area contributed by atoms with Crippen LogP contribution in [0.1, 0.15) is 20.3 Å². The van der Waals surface area contributed by atoms with Gasteiger partial charge in [-0.25, -0.2) is 0 Å². The third kappa shape index (κ3) is 3.36. The van der Waals surface area contributed by atoms with E-state index in [9.17, 15) is 4.79 Å². The Hall–Kier alpha value is -0.450. The van der Waals surface area contributed by atoms with Gasteiger partial charge < -0.3 is 15.8 Å². The van der Waals surface area contributed by atoms with Crippen LogP contribution in [0, 0.1) is 5.92 Å². The van der Waals surface area contributed by atoms with E-state index in [1.165, 1.54) is 0 Å². The lowest BCUT2D eigenvalue weighted by molar-refractivity contribution is -0.133. The maximum Gasteiger partial charge on any atom is 0.179 e. The number of morpholine rings is 1. The normalized spacial score (nSPS) is 25.0. The minimum Gasteiger partial charge on any atom is -0.368 e. The molecule has 1 heterocycles. The summed E-state index contributed by atoms with van der Waals surface area (Å²) in [4.78, 5) is 11.7. The number of rotatable bonds is 4. The Bertz CT molecular complexity index is 189. The molecule has 0 aromatic carbocycles. The van der Waals surface area contributed by atoms with Crippen LogP contribution in [-0.4, -0.2) is 37.6 Å². The Kier molecular flexibility index (Phi) is 4.51. The number of hydrogen-bond acceptors (Lipinski definition) is 4. The first-order valence-corrected chi connectivity index (χ1v) is 5.23. The van der Waals surface area contributed by atoms with E-state index in [0.717, 1.165) is 13.0 Å². The summed E-state index contributed by atoms with van der Waals surface area (Å²) in [5.41, 5.74) is 5.79. The Balaban J connectivity index is 2.38. The fraction of sp³-hybridized carbons (Fsp3) is 0.900. The molecule has 0 aromatic heterocycles. The van der Waals surface area contributed by atoms with Crippen molar-refractivity contribution in [2.75, 3.05) is 19.7 Å². The number of hydrogen-bond donors (Lipinski definition) is 2. The molecule has 82 valence electrons. The van der Waals surface area contributed by atoms with Crippen molar-refractivity contribution in [3.05, 3.63) is 0 Å². The molecule has 0 radical (unpaired) electrons. The summed E-state index contributed by atoms with van der Waals surface area (Å²) in [5, 5.41) is 3.12. The zero-order valence-corrected chi connectivity index (χ0v) is 8.95. The highest BCUT2D eigenvalue weighted by Crippen LogP contribution is 2.07. The van der Waals surface area contributed by atoms with E-state index in [4.69, 9.17) is 10.5 Å². The molecule has 0 aromatic rings. The van der Waals surface area contributed by atoms with Crippen LogP contribution in [0.2, 0.25) is 0 Å². The highest BCUT2D eigenvalue weighted by Gasteiger charge is 2.26. The van der Waals surface area contributed by atoms with Crippen LogP contribution in [0.25, 0.3) is 0 Å². The van der Waals surface area contributed by atoms with Gasteiger partial charge in [-0.05, 0) is 12.3 Å². The van der Waals surface area contributed by atoms with Crippen LogP contribution >= 0.6 is 0 Å². The molecule has 2 atom stereocenters. The Labute approximate surface area is 85.2 Å². The predicted molar refractivity (Wildman–Crippen MR) is 55.0 cm³/mol. The summed E-state index contributed by atoms with van der Waals surface area (Å²) in [7, 11) is 0. The summed E-state index contributed by atoms with van der Waals surface area (Å²) in [6.45, 7) is 6.15. The first-order chi connectivity index (χ1) is 6.61. The van der Waals surface area contributed by atoms with Gasteiger partial charge in [0.2, 0.25) is 0 Å². The number of Topliss-reactive ketones (excluding diaryl/α,β-unsaturated/α-hetero) is 1. The van der Waals surface area contributed by atoms with Crippen molar-refractivity contribution in [1.29, 1.82) is 0 Å². The SMILES string of the molecule is CC(C)C[C@H](N)C(=O)C1CNCCO1. The average molecular weight is 200 g/mol. The third-order valence-electron chi connectivity index (χ3n) is 2.34. The van der Waals surface area contributed by atoms with Gasteiger partial charge in [-0.3, -0.25) is 4.79 Å². The summed E-state index contributed by atoms with van der Waals surface area (Å²) < 4.78 is 5.35. The van der Waals surface area contributed by atoms with Gasteiger partial charge in [0, 0.05) is 13.1 Å². The van der Waals surface area contributed by atoms with Crippen LogP contribution in [0.15, 0.2) is 0 Å². The number of ether oxygens (including phenoxy) is 1. The predicted octanol–water partition coefficient (Wildman–Crippen LogP) is -0.0827. The van der Waals surface area contributed by atoms with Crippen molar-refractivity contribution in [2.24, 2.45) is 11.7 Å². The van der Waals surface area contributed by atoms with Crippen molar-refractivity contribution in [1.82, 2.24) is 5.32 Å². The zero-order valence-electron chi connectivity index (χ0n) is 8.95. The van der Waals surface area contributed by atoms with Gasteiger partial charge in [0.15, 0.2) is 5.78 Å². The summed E-state index contributed by atoms with van der Waals surface area (Å²) >= 11 is 0. The monoisotopic (exact) mass is 200 g/mol. The largest absolute Gasteiger partial charge is 0.368 e. The number of nitrogens with one attached hydrogen (secondary N) is 1. The van der Waals surface area contributed by atoms with Crippen LogP contribution in [0.5, 0.6) is 0 Å². The van der Waals surface area contributed by atoms with Gasteiger partial charge in [0.25, 0.3) is 0 Å². The lowest BCUT2D eigenvalue weighted by Crippen LogP contribution is -2.49. The molecular weight excluding hydrogens is 180 g/mol. The first-order valence-electron chi connectivity index (χ1n) is 5.23. The molecule has 1 aliphatic heterocycles. The smallest absolute Gasteiger partial charge is 0.179 e. The molecule has 0 saturated carbocycles. The summed E-state index contributed by atoms with van der Waals surface area (Å²) in [5.74, 6) is 0.483. The summed E-state index contributed by atoms with van der Waals surface area (Å²) in [6, 6.07) is -0.375. The Morgan fingerprint density at radius 1 is 1.64 bits per heavy atom. The second-order valence-corrected chi connectivity index (χ2v) is 4.20. The van der Waals surface area contributed by atoms with E-state index in [1.54, 1.807) is 0 Å². The van der Waals surface area contributed by atoms with Crippen molar-refractivity contribution in [3.63, 3.8) is 0 Å². The molecule has 0 amide bonds. The lowest BCUT2D eigenvalue weighted by atomic mass is 9.98. The maximum absolute atomic E-state index is 11.7. The maximum atomic E-state index is 11.7. The first kappa shape index (κ1) is 11.6. The molecule has 4 nitrogen and oxygen atoms in total. The van der Waals surface area contributed by atoms with Gasteiger partial charge >= 0.3 is 0 Å². The van der Waals surface area contributed by atoms with Crippen LogP contribution in [0.4, 0.5) is 0 Å². The Morgan fingerprint density at radius 2 is 2.36 bits per heavy atom. The molecule has 1 rings (SSSR count). The molecular formula is C10H20N2O2. The van der Waals surface area contributed by atoms with E-state index < -0.39 is 0 Å². The number of ketones is 1. The number of carbonyl (C=O) groups excluding carboxylic acids is 1. The van der Waals surface area contributed by atoms with Gasteiger partial charge in [-0.15, -0.1) is 0 Å². The van der Waals surface area contributed by atoms with Gasteiger partial charge in [0.1, 0.15) is 6.10 Å². The topological polar surface area (TPSA) is 64.4 Å². The molecule has 0 spiro atoms. The van der Waals surface area contributed by atoms with Crippen LogP contribution in [-0.2, 0) is 9.53 Å². The van der Waals surface area contributed by atoms with Crippen molar-refractivity contribution in [3.8, 4) is 0 Å². The molecule has 3 N–H and O–H groups in total. The molecule has 1 saturated heterocycles. The lowest BCUT2D eigenvalue weighted by Gasteiger charge is -2.25. The highest BCUT2D eigenvalue weighted by atomic mass is 16.5. The number of nitrogens with two attached hydrogens (primary N) is 1. The van der Waals surface area contributed by atoms with Gasteiger partial charge in [-0.1, -0.05) is 13.8 Å². The fourth-order valence-electron chi connectivity index (χ4n) is 1.61. The van der Waals surface area contributed by atoms with E-state index >= 15 is 0 Å². The van der Waals surface area contributed by atoms with E-state index in [-0.39, 0.29) is 17.9 Å². The second kappa shape index (κ2) is 5.44. The van der Waals surface area contributed by atoms with Crippen molar-refractivity contribution >= 4 is 5.78 Å². The molecule has 0 aliphatic carbocycles. The quantitative estimate of drug-likeness (QED) is 0.666. The fourth-order valence-corrected chi connectivity index (χ4v) is 1.61. The molecule has 4 heteroatoms. The van der Waals surface area contributed by atoms with E-state index in [2.05, 4.69) is 19.2 Å². The van der Waals surface area contributed by atoms with Crippen LogP contribution in [0.3, 0.4) is 0 Å². The van der Waals surface area contributed by atoms with E-state index in [0.29, 0.717) is 19.1 Å². The average Bonchev–Trinajstić information content (AvgIpc) is 2.17. The number of carbonyl (C=O) groups is 1. The minimum absolute atomic E-state index is 0.0332. The van der Waals surface area contributed by atoms with E-state index in [1.807, 2.05) is 0 Å². The molecule has 1 aliphatic rings. The molecule has 1 fully saturated rings. The van der Waals surface area contributed by atoms with Crippen LogP contribution < -0.4 is 11.1 Å². The highest BCUT2D eigenvalue weighted by molar-refractivity contribution is 5.88. The molecule has 14 heavy (non-hydrogen) atoms.